The van der Waals surface area contributed by atoms with E-state index < -0.39 is 0 Å². The third-order valence-electron chi connectivity index (χ3n) is 4.61. The lowest BCUT2D eigenvalue weighted by Gasteiger charge is -2.50. The Bertz CT molecular complexity index is 445. The van der Waals surface area contributed by atoms with Gasteiger partial charge in [-0.15, -0.1) is 0 Å². The molecule has 1 saturated heterocycles. The first-order valence-electron chi connectivity index (χ1n) is 7.08. The van der Waals surface area contributed by atoms with Crippen LogP contribution in [-0.2, 0) is 4.89 Å². The van der Waals surface area contributed by atoms with Gasteiger partial charge in [0, 0.05) is 18.1 Å². The molecule has 1 aliphatic carbocycles. The Labute approximate surface area is 114 Å². The van der Waals surface area contributed by atoms with Crippen LogP contribution in [0.1, 0.15) is 31.4 Å². The van der Waals surface area contributed by atoms with E-state index in [1.54, 1.807) is 0 Å². The van der Waals surface area contributed by atoms with Gasteiger partial charge in [0.15, 0.2) is 0 Å². The molecule has 2 bridgehead atoms. The Morgan fingerprint density at radius 1 is 1.26 bits per heavy atom. The van der Waals surface area contributed by atoms with Crippen molar-refractivity contribution in [2.24, 2.45) is 5.92 Å². The van der Waals surface area contributed by atoms with Gasteiger partial charge in [-0.1, -0.05) is 42.5 Å². The highest BCUT2D eigenvalue weighted by Crippen LogP contribution is 2.40. The molecule has 2 heterocycles. The lowest BCUT2D eigenvalue weighted by atomic mass is 9.78. The van der Waals surface area contributed by atoms with Gasteiger partial charge in [0.1, 0.15) is 0 Å². The maximum absolute atomic E-state index is 8.87. The summed E-state index contributed by atoms with van der Waals surface area (Å²) in [4.78, 5) is 6.97. The summed E-state index contributed by atoms with van der Waals surface area (Å²) < 4.78 is 0. The van der Waals surface area contributed by atoms with Crippen molar-refractivity contribution in [2.45, 2.75) is 37.9 Å². The zero-order valence-corrected chi connectivity index (χ0v) is 11.3. The monoisotopic (exact) mass is 259 g/mol. The van der Waals surface area contributed by atoms with E-state index in [0.717, 1.165) is 0 Å². The fraction of sp³-hybridized carbons (Fsp3) is 0.500. The van der Waals surface area contributed by atoms with Crippen LogP contribution in [-0.4, -0.2) is 28.8 Å². The maximum Gasteiger partial charge on any atom is 0.0981 e. The van der Waals surface area contributed by atoms with Crippen molar-refractivity contribution in [1.82, 2.24) is 4.90 Å². The summed E-state index contributed by atoms with van der Waals surface area (Å²) in [5.41, 5.74) is 1.33. The summed E-state index contributed by atoms with van der Waals surface area (Å²) in [6.07, 6.45) is 7.03. The van der Waals surface area contributed by atoms with Gasteiger partial charge in [-0.3, -0.25) is 10.2 Å². The SMILES string of the molecule is C[C@H](c1ccccc1)N1C2C=CC(CC2)C1COO. The van der Waals surface area contributed by atoms with Crippen molar-refractivity contribution >= 4 is 0 Å². The van der Waals surface area contributed by atoms with E-state index >= 15 is 0 Å². The number of rotatable bonds is 4. The maximum atomic E-state index is 8.87. The van der Waals surface area contributed by atoms with E-state index in [4.69, 9.17) is 5.26 Å². The van der Waals surface area contributed by atoms with Gasteiger partial charge in [-0.05, 0) is 31.2 Å². The van der Waals surface area contributed by atoms with Gasteiger partial charge in [0.25, 0.3) is 0 Å². The van der Waals surface area contributed by atoms with E-state index in [1.165, 1.54) is 18.4 Å². The quantitative estimate of drug-likeness (QED) is 0.512. The van der Waals surface area contributed by atoms with Crippen LogP contribution in [0.2, 0.25) is 0 Å². The van der Waals surface area contributed by atoms with E-state index in [1.807, 2.05) is 6.07 Å². The Morgan fingerprint density at radius 3 is 2.68 bits per heavy atom. The minimum absolute atomic E-state index is 0.281. The average Bonchev–Trinajstić information content (AvgIpc) is 2.49. The van der Waals surface area contributed by atoms with Crippen LogP contribution in [0.5, 0.6) is 0 Å². The molecule has 0 saturated carbocycles. The molecule has 1 N–H and O–H groups in total. The van der Waals surface area contributed by atoms with E-state index in [9.17, 15) is 0 Å². The van der Waals surface area contributed by atoms with Gasteiger partial charge in [0.2, 0.25) is 0 Å². The molecule has 0 radical (unpaired) electrons. The molecular formula is C16H21NO2. The van der Waals surface area contributed by atoms with Crippen molar-refractivity contribution in [3.63, 3.8) is 0 Å². The Balaban J connectivity index is 1.87. The van der Waals surface area contributed by atoms with Crippen molar-refractivity contribution in [3.05, 3.63) is 48.0 Å². The van der Waals surface area contributed by atoms with E-state index in [0.29, 0.717) is 24.6 Å². The highest BCUT2D eigenvalue weighted by atomic mass is 17.1. The summed E-state index contributed by atoms with van der Waals surface area (Å²) >= 11 is 0. The van der Waals surface area contributed by atoms with Gasteiger partial charge in [-0.25, -0.2) is 4.89 Å². The first-order valence-corrected chi connectivity index (χ1v) is 7.08. The molecule has 1 fully saturated rings. The number of hydrogen-bond donors (Lipinski definition) is 1. The molecule has 3 aliphatic rings. The van der Waals surface area contributed by atoms with Crippen molar-refractivity contribution in [3.8, 4) is 0 Å². The molecule has 0 aromatic heterocycles. The molecule has 4 rings (SSSR count). The molecule has 3 heteroatoms. The van der Waals surface area contributed by atoms with Crippen molar-refractivity contribution < 1.29 is 10.1 Å². The summed E-state index contributed by atoms with van der Waals surface area (Å²) in [5, 5.41) is 8.87. The third kappa shape index (κ3) is 2.34. The molecule has 0 amide bonds. The molecular weight excluding hydrogens is 238 g/mol. The first kappa shape index (κ1) is 12.9. The Morgan fingerprint density at radius 2 is 2.05 bits per heavy atom. The van der Waals surface area contributed by atoms with Crippen LogP contribution < -0.4 is 0 Å². The van der Waals surface area contributed by atoms with Gasteiger partial charge in [0.05, 0.1) is 6.61 Å². The number of nitrogens with zero attached hydrogens (tertiary/aromatic N) is 1. The second kappa shape index (κ2) is 5.45. The fourth-order valence-electron chi connectivity index (χ4n) is 3.63. The van der Waals surface area contributed by atoms with Crippen molar-refractivity contribution in [1.29, 1.82) is 0 Å². The number of fused-ring (bicyclic) bond motifs is 2. The molecule has 0 spiro atoms. The summed E-state index contributed by atoms with van der Waals surface area (Å²) in [7, 11) is 0. The van der Waals surface area contributed by atoms with Crippen LogP contribution in [0.25, 0.3) is 0 Å². The second-order valence-corrected chi connectivity index (χ2v) is 5.59. The minimum atomic E-state index is 0.281. The molecule has 3 nitrogen and oxygen atoms in total. The van der Waals surface area contributed by atoms with Crippen LogP contribution in [0.3, 0.4) is 0 Å². The molecule has 102 valence electrons. The van der Waals surface area contributed by atoms with Crippen LogP contribution in [0, 0.1) is 5.92 Å². The Kier molecular flexibility index (Phi) is 3.69. The third-order valence-corrected chi connectivity index (χ3v) is 4.61. The molecule has 1 aromatic rings. The predicted octanol–water partition coefficient (Wildman–Crippen LogP) is 3.26. The van der Waals surface area contributed by atoms with E-state index in [-0.39, 0.29) is 6.04 Å². The highest BCUT2D eigenvalue weighted by Gasteiger charge is 2.41. The number of hydrogen-bond acceptors (Lipinski definition) is 3. The molecule has 2 aliphatic heterocycles. The summed E-state index contributed by atoms with van der Waals surface area (Å²) in [6, 6.07) is 11.7. The number of piperidine rings is 1. The fourth-order valence-corrected chi connectivity index (χ4v) is 3.63. The average molecular weight is 259 g/mol. The van der Waals surface area contributed by atoms with Crippen molar-refractivity contribution in [2.75, 3.05) is 6.61 Å². The topological polar surface area (TPSA) is 32.7 Å². The van der Waals surface area contributed by atoms with Crippen LogP contribution in [0.15, 0.2) is 42.5 Å². The summed E-state index contributed by atoms with van der Waals surface area (Å²) in [6.45, 7) is 2.64. The Hall–Kier alpha value is -1.16. The zero-order chi connectivity index (χ0) is 13.2. The lowest BCUT2D eigenvalue weighted by Crippen LogP contribution is -2.55. The zero-order valence-electron chi connectivity index (χ0n) is 11.3. The number of benzene rings is 1. The molecule has 19 heavy (non-hydrogen) atoms. The smallest absolute Gasteiger partial charge is 0.0981 e. The highest BCUT2D eigenvalue weighted by molar-refractivity contribution is 5.22. The molecule has 3 unspecified atom stereocenters. The van der Waals surface area contributed by atoms with Crippen LogP contribution in [0.4, 0.5) is 0 Å². The normalized spacial score (nSPS) is 31.6. The molecule has 4 atom stereocenters. The largest absolute Gasteiger partial charge is 0.284 e. The minimum Gasteiger partial charge on any atom is -0.284 e. The van der Waals surface area contributed by atoms with Gasteiger partial charge in [-0.2, -0.15) is 0 Å². The molecule has 1 aromatic carbocycles. The van der Waals surface area contributed by atoms with E-state index in [2.05, 4.69) is 53.1 Å². The summed E-state index contributed by atoms with van der Waals surface area (Å²) in [5.74, 6) is 0.503. The second-order valence-electron chi connectivity index (χ2n) is 5.59. The predicted molar refractivity (Wildman–Crippen MR) is 74.7 cm³/mol. The van der Waals surface area contributed by atoms with Gasteiger partial charge < -0.3 is 0 Å². The van der Waals surface area contributed by atoms with Gasteiger partial charge >= 0.3 is 0 Å². The van der Waals surface area contributed by atoms with Crippen LogP contribution >= 0.6 is 0 Å². The first-order chi connectivity index (χ1) is 9.31. The lowest BCUT2D eigenvalue weighted by molar-refractivity contribution is -0.258. The standard InChI is InChI=1S/C16H21NO2/c1-12(13-5-3-2-4-6-13)17-15-9-7-14(8-10-15)16(17)11-19-18/h2-7,9,12,14-16,18H,8,10-11H2,1H3/t12-,14?,15?,16?/m1/s1.